The summed E-state index contributed by atoms with van der Waals surface area (Å²) in [5.74, 6) is 0.774. The predicted octanol–water partition coefficient (Wildman–Crippen LogP) is 2.20. The number of ether oxygens (including phenoxy) is 1. The van der Waals surface area contributed by atoms with E-state index in [1.54, 1.807) is 7.11 Å². The van der Waals surface area contributed by atoms with Crippen LogP contribution < -0.4 is 0 Å². The van der Waals surface area contributed by atoms with Crippen LogP contribution in [0.1, 0.15) is 34.1 Å². The Morgan fingerprint density at radius 1 is 1.12 bits per heavy atom. The maximum Gasteiger partial charge on any atom is 0.226 e. The fourth-order valence-corrected chi connectivity index (χ4v) is 2.27. The Morgan fingerprint density at radius 2 is 1.69 bits per heavy atom. The van der Waals surface area contributed by atoms with Gasteiger partial charge >= 0.3 is 0 Å². The van der Waals surface area contributed by atoms with Crippen molar-refractivity contribution in [2.75, 3.05) is 39.9 Å². The summed E-state index contributed by atoms with van der Waals surface area (Å²) in [4.78, 5) is 0. The van der Waals surface area contributed by atoms with Crippen molar-refractivity contribution in [3.8, 4) is 0 Å². The van der Waals surface area contributed by atoms with Crippen LogP contribution in [0.5, 0.6) is 0 Å². The fraction of sp³-hybridized carbons (Fsp3) is 1.00. The van der Waals surface area contributed by atoms with Crippen molar-refractivity contribution in [3.05, 3.63) is 0 Å². The molecule has 1 atom stereocenters. The summed E-state index contributed by atoms with van der Waals surface area (Å²) in [7, 11) is 1.78. The van der Waals surface area contributed by atoms with Crippen LogP contribution in [0.15, 0.2) is 0 Å². The van der Waals surface area contributed by atoms with Crippen LogP contribution in [-0.2, 0) is 4.74 Å². The molecule has 0 bridgehead atoms. The molecule has 16 heavy (non-hydrogen) atoms. The standard InChI is InChI=1S/C13H28N2O/c1-6-7-14-10-12(13(2,3)4)11-15(14)8-9-16-5/h12H,6-11H2,1-5H3/q+2. The van der Waals surface area contributed by atoms with Gasteiger partial charge in [0.15, 0.2) is 0 Å². The van der Waals surface area contributed by atoms with E-state index >= 15 is 0 Å². The largest absolute Gasteiger partial charge is 0.378 e. The van der Waals surface area contributed by atoms with E-state index in [4.69, 9.17) is 4.74 Å². The van der Waals surface area contributed by atoms with Crippen LogP contribution >= 0.6 is 0 Å². The third kappa shape index (κ3) is 3.55. The average Bonchev–Trinajstić information content (AvgIpc) is 2.58. The van der Waals surface area contributed by atoms with Crippen molar-refractivity contribution in [2.45, 2.75) is 34.1 Å². The number of nitrogens with zero attached hydrogens (tertiary/aromatic N) is 2. The highest BCUT2D eigenvalue weighted by Gasteiger charge is 2.43. The van der Waals surface area contributed by atoms with Crippen LogP contribution in [0.25, 0.3) is 0 Å². The van der Waals surface area contributed by atoms with Crippen molar-refractivity contribution in [1.82, 2.24) is 0 Å². The Kier molecular flexibility index (Phi) is 4.90. The first-order chi connectivity index (χ1) is 7.49. The molecule has 0 radical (unpaired) electrons. The first-order valence-electron chi connectivity index (χ1n) is 6.47. The highest BCUT2D eigenvalue weighted by atomic mass is 16.5. The normalized spacial score (nSPS) is 21.9. The van der Waals surface area contributed by atoms with Gasteiger partial charge in [0, 0.05) is 13.5 Å². The maximum atomic E-state index is 5.18. The van der Waals surface area contributed by atoms with Crippen LogP contribution in [0.4, 0.5) is 0 Å². The highest BCUT2D eigenvalue weighted by molar-refractivity contribution is 4.73. The third-order valence-corrected chi connectivity index (χ3v) is 3.52. The van der Waals surface area contributed by atoms with E-state index in [0.717, 1.165) is 19.1 Å². The quantitative estimate of drug-likeness (QED) is 0.659. The summed E-state index contributed by atoms with van der Waals surface area (Å²) >= 11 is 0. The molecule has 0 aliphatic carbocycles. The maximum absolute atomic E-state index is 5.18. The monoisotopic (exact) mass is 228 g/mol. The van der Waals surface area contributed by atoms with E-state index in [1.165, 1.54) is 26.1 Å². The van der Waals surface area contributed by atoms with Gasteiger partial charge in [0.1, 0.15) is 6.61 Å². The van der Waals surface area contributed by atoms with E-state index in [1.807, 2.05) is 0 Å². The lowest BCUT2D eigenvalue weighted by atomic mass is 9.81. The zero-order valence-corrected chi connectivity index (χ0v) is 11.6. The van der Waals surface area contributed by atoms with E-state index in [0.29, 0.717) is 5.41 Å². The van der Waals surface area contributed by atoms with Crippen molar-refractivity contribution in [2.24, 2.45) is 11.3 Å². The van der Waals surface area contributed by atoms with Crippen LogP contribution in [0.2, 0.25) is 0 Å². The van der Waals surface area contributed by atoms with E-state index in [2.05, 4.69) is 37.1 Å². The van der Waals surface area contributed by atoms with Gasteiger partial charge in [0.05, 0.1) is 5.92 Å². The van der Waals surface area contributed by atoms with Crippen LogP contribution in [0.3, 0.4) is 0 Å². The highest BCUT2D eigenvalue weighted by Crippen LogP contribution is 2.29. The average molecular weight is 228 g/mol. The summed E-state index contributed by atoms with van der Waals surface area (Å²) in [6.07, 6.45) is 1.22. The summed E-state index contributed by atoms with van der Waals surface area (Å²) in [6.45, 7) is 14.7. The number of rotatable bonds is 5. The molecule has 1 rings (SSSR count). The van der Waals surface area contributed by atoms with Gasteiger partial charge in [-0.15, -0.1) is 0 Å². The lowest BCUT2D eigenvalue weighted by molar-refractivity contribution is -1.00. The molecule has 0 saturated carbocycles. The number of hydrogen-bond donors (Lipinski definition) is 0. The van der Waals surface area contributed by atoms with Gasteiger partial charge in [0.25, 0.3) is 0 Å². The molecule has 0 aromatic heterocycles. The Hall–Kier alpha value is -0.440. The molecule has 0 aromatic rings. The zero-order chi connectivity index (χ0) is 12.2. The van der Waals surface area contributed by atoms with Gasteiger partial charge in [0.2, 0.25) is 26.2 Å². The second kappa shape index (κ2) is 5.76. The molecule has 0 aromatic carbocycles. The molecule has 0 saturated heterocycles. The summed E-state index contributed by atoms with van der Waals surface area (Å²) in [5.41, 5.74) is 0.411. The summed E-state index contributed by atoms with van der Waals surface area (Å²) in [6, 6.07) is 0. The first-order valence-corrected chi connectivity index (χ1v) is 6.47. The predicted molar refractivity (Wildman–Crippen MR) is 65.1 cm³/mol. The van der Waals surface area contributed by atoms with Crippen LogP contribution in [0, 0.1) is 11.3 Å². The Balaban J connectivity index is 2.63. The van der Waals surface area contributed by atoms with Crippen molar-refractivity contribution in [3.63, 3.8) is 0 Å². The SMILES string of the molecule is CCC[N+]1=[N+](CCOC)CC(C(C)(C)C)C1. The Labute approximate surface area is 100 Å². The van der Waals surface area contributed by atoms with Crippen molar-refractivity contribution >= 4 is 0 Å². The van der Waals surface area contributed by atoms with Crippen molar-refractivity contribution in [1.29, 1.82) is 0 Å². The molecule has 3 heteroatoms. The fourth-order valence-electron chi connectivity index (χ4n) is 2.27. The van der Waals surface area contributed by atoms with Gasteiger partial charge in [-0.1, -0.05) is 27.7 Å². The topological polar surface area (TPSA) is 15.2 Å². The molecule has 3 nitrogen and oxygen atoms in total. The first kappa shape index (κ1) is 13.6. The Bertz CT molecular complexity index is 253. The smallest absolute Gasteiger partial charge is 0.226 e. The van der Waals surface area contributed by atoms with E-state index in [9.17, 15) is 0 Å². The molecule has 0 spiro atoms. The molecule has 1 unspecified atom stereocenters. The molecule has 1 aliphatic rings. The molecule has 0 N–H and O–H groups in total. The minimum atomic E-state index is 0.411. The lowest BCUT2D eigenvalue weighted by Gasteiger charge is -2.20. The summed E-state index contributed by atoms with van der Waals surface area (Å²) < 4.78 is 10.2. The summed E-state index contributed by atoms with van der Waals surface area (Å²) in [5, 5.41) is 0. The van der Waals surface area contributed by atoms with E-state index in [-0.39, 0.29) is 0 Å². The minimum Gasteiger partial charge on any atom is -0.378 e. The Morgan fingerprint density at radius 3 is 2.12 bits per heavy atom. The second-order valence-corrected chi connectivity index (χ2v) is 5.88. The minimum absolute atomic E-state index is 0.411. The molecule has 94 valence electrons. The van der Waals surface area contributed by atoms with Gasteiger partial charge < -0.3 is 4.74 Å². The van der Waals surface area contributed by atoms with Gasteiger partial charge in [-0.05, 0) is 14.8 Å². The third-order valence-electron chi connectivity index (χ3n) is 3.52. The number of methoxy groups -OCH3 is 1. The molecule has 0 amide bonds. The molecular formula is C13H28N2O+2. The van der Waals surface area contributed by atoms with Crippen molar-refractivity contribution < 1.29 is 14.1 Å². The van der Waals surface area contributed by atoms with Gasteiger partial charge in [-0.3, -0.25) is 0 Å². The molecule has 1 heterocycles. The second-order valence-electron chi connectivity index (χ2n) is 5.88. The van der Waals surface area contributed by atoms with Crippen LogP contribution in [-0.4, -0.2) is 49.3 Å². The lowest BCUT2D eigenvalue weighted by Crippen LogP contribution is -2.27. The number of hydrogen-bond acceptors (Lipinski definition) is 1. The molecular weight excluding hydrogens is 200 g/mol. The molecule has 1 aliphatic heterocycles. The number of azo groups is 4. The molecule has 0 fully saturated rings. The van der Waals surface area contributed by atoms with Gasteiger partial charge in [-0.2, -0.15) is 0 Å². The zero-order valence-electron chi connectivity index (χ0n) is 11.6. The van der Waals surface area contributed by atoms with E-state index < -0.39 is 0 Å². The van der Waals surface area contributed by atoms with Gasteiger partial charge in [-0.25, -0.2) is 0 Å².